The first-order valence-electron chi connectivity index (χ1n) is 5.52. The summed E-state index contributed by atoms with van der Waals surface area (Å²) in [6.45, 7) is 0. The quantitative estimate of drug-likeness (QED) is 0.493. The molecule has 17 heavy (non-hydrogen) atoms. The molecule has 80 valence electrons. The Morgan fingerprint density at radius 1 is 0.941 bits per heavy atom. The number of para-hydroxylation sites is 1. The maximum absolute atomic E-state index is 4.62. The molecule has 0 saturated heterocycles. The minimum atomic E-state index is 1.03. The van der Waals surface area contributed by atoms with Crippen molar-refractivity contribution in [3.05, 3.63) is 48.9 Å². The van der Waals surface area contributed by atoms with Gasteiger partial charge < -0.3 is 4.98 Å². The van der Waals surface area contributed by atoms with Crippen LogP contribution in [0, 0.1) is 0 Å². The Morgan fingerprint density at radius 3 is 2.88 bits per heavy atom. The Bertz CT molecular complexity index is 840. The minimum Gasteiger partial charge on any atom is -0.346 e. The van der Waals surface area contributed by atoms with Gasteiger partial charge in [-0.3, -0.25) is 0 Å². The molecule has 3 nitrogen and oxygen atoms in total. The Labute approximate surface area is 97.1 Å². The number of nitrogens with one attached hydrogen (secondary N) is 1. The number of fused-ring (bicyclic) bond motifs is 4. The van der Waals surface area contributed by atoms with Gasteiger partial charge in [0, 0.05) is 27.9 Å². The fraction of sp³-hybridized carbons (Fsp3) is 0. The Hall–Kier alpha value is -2.42. The van der Waals surface area contributed by atoms with Gasteiger partial charge in [0.2, 0.25) is 0 Å². The van der Waals surface area contributed by atoms with Crippen LogP contribution >= 0.6 is 0 Å². The van der Waals surface area contributed by atoms with Gasteiger partial charge in [0.1, 0.15) is 0 Å². The molecule has 4 aromatic rings. The highest BCUT2D eigenvalue weighted by Gasteiger charge is 2.06. The first-order valence-corrected chi connectivity index (χ1v) is 5.52. The summed E-state index contributed by atoms with van der Waals surface area (Å²) >= 11 is 0. The summed E-state index contributed by atoms with van der Waals surface area (Å²) in [6.07, 6.45) is 3.55. The van der Waals surface area contributed by atoms with E-state index in [1.54, 1.807) is 6.33 Å². The van der Waals surface area contributed by atoms with Crippen LogP contribution in [0.2, 0.25) is 0 Å². The smallest absolute Gasteiger partial charge is 0.0923 e. The monoisotopic (exact) mass is 219 g/mol. The summed E-state index contributed by atoms with van der Waals surface area (Å²) in [6, 6.07) is 12.4. The lowest BCUT2D eigenvalue weighted by molar-refractivity contribution is 1.22. The standard InChI is InChI=1S/C14H9N3/c1-2-4-12-10(3-1)11-6-13-9(5-14(11)17-12)7-15-8-16-13/h1-8H,(H,15,16). The number of hydrogen-bond acceptors (Lipinski definition) is 2. The molecule has 0 aliphatic heterocycles. The Balaban J connectivity index is 2.28. The molecule has 0 atom stereocenters. The second-order valence-corrected chi connectivity index (χ2v) is 4.14. The van der Waals surface area contributed by atoms with Crippen LogP contribution in [0.5, 0.6) is 0 Å². The molecule has 4 rings (SSSR count). The van der Waals surface area contributed by atoms with E-state index >= 15 is 0 Å². The molecule has 1 N–H and O–H groups in total. The first-order chi connectivity index (χ1) is 8.42. The molecule has 2 aromatic heterocycles. The van der Waals surface area contributed by atoms with Crippen molar-refractivity contribution in [2.75, 3.05) is 0 Å². The zero-order valence-electron chi connectivity index (χ0n) is 9.01. The summed E-state index contributed by atoms with van der Waals surface area (Å²) in [4.78, 5) is 11.9. The van der Waals surface area contributed by atoms with Gasteiger partial charge >= 0.3 is 0 Å². The average molecular weight is 219 g/mol. The van der Waals surface area contributed by atoms with Gasteiger partial charge in [-0.1, -0.05) is 18.2 Å². The number of benzene rings is 2. The largest absolute Gasteiger partial charge is 0.346 e. The predicted molar refractivity (Wildman–Crippen MR) is 68.9 cm³/mol. The van der Waals surface area contributed by atoms with Crippen molar-refractivity contribution in [2.45, 2.75) is 0 Å². The molecule has 0 bridgehead atoms. The van der Waals surface area contributed by atoms with Gasteiger partial charge in [-0.05, 0) is 18.2 Å². The Morgan fingerprint density at radius 2 is 1.88 bits per heavy atom. The van der Waals surface area contributed by atoms with E-state index in [0.29, 0.717) is 0 Å². The van der Waals surface area contributed by atoms with Crippen LogP contribution in [-0.2, 0) is 0 Å². The van der Waals surface area contributed by atoms with E-state index in [1.807, 2.05) is 24.4 Å². The van der Waals surface area contributed by atoms with Crippen LogP contribution < -0.4 is 0 Å². The lowest BCUT2D eigenvalue weighted by Gasteiger charge is -1.97. The SMILES string of the molecule is c1ccc2c(c1)nc1cc3cnc[nH]c3cc12. The van der Waals surface area contributed by atoms with Gasteiger partial charge in [-0.2, -0.15) is 0 Å². The van der Waals surface area contributed by atoms with Gasteiger partial charge in [0.05, 0.1) is 17.4 Å². The summed E-state index contributed by atoms with van der Waals surface area (Å²) in [5, 5.41) is 3.48. The first kappa shape index (κ1) is 8.70. The van der Waals surface area contributed by atoms with Gasteiger partial charge in [-0.25, -0.2) is 9.97 Å². The number of hydrogen-bond donors (Lipinski definition) is 1. The number of aromatic amines is 1. The van der Waals surface area contributed by atoms with Crippen molar-refractivity contribution in [3.8, 4) is 0 Å². The van der Waals surface area contributed by atoms with E-state index in [1.165, 1.54) is 10.8 Å². The van der Waals surface area contributed by atoms with E-state index in [4.69, 9.17) is 0 Å². The lowest BCUT2D eigenvalue weighted by Crippen LogP contribution is -1.80. The third-order valence-corrected chi connectivity index (χ3v) is 3.11. The number of rotatable bonds is 0. The molecule has 3 heteroatoms. The molecule has 0 saturated carbocycles. The fourth-order valence-electron chi connectivity index (χ4n) is 2.30. The average Bonchev–Trinajstić information content (AvgIpc) is 2.73. The van der Waals surface area contributed by atoms with Gasteiger partial charge in [-0.15, -0.1) is 0 Å². The van der Waals surface area contributed by atoms with Crippen LogP contribution in [0.25, 0.3) is 32.7 Å². The summed E-state index contributed by atoms with van der Waals surface area (Å²) in [5.41, 5.74) is 3.16. The van der Waals surface area contributed by atoms with Crippen LogP contribution in [0.3, 0.4) is 0 Å². The molecular weight excluding hydrogens is 210 g/mol. The van der Waals surface area contributed by atoms with Crippen molar-refractivity contribution in [2.24, 2.45) is 0 Å². The zero-order chi connectivity index (χ0) is 11.2. The molecule has 0 spiro atoms. The van der Waals surface area contributed by atoms with Crippen LogP contribution in [0.4, 0.5) is 0 Å². The molecule has 0 fully saturated rings. The summed E-state index contributed by atoms with van der Waals surface area (Å²) in [7, 11) is 0. The van der Waals surface area contributed by atoms with Gasteiger partial charge in [0.15, 0.2) is 0 Å². The van der Waals surface area contributed by atoms with E-state index in [-0.39, 0.29) is 0 Å². The topological polar surface area (TPSA) is 41.6 Å². The summed E-state index contributed by atoms with van der Waals surface area (Å²) < 4.78 is 0. The van der Waals surface area contributed by atoms with Crippen LogP contribution in [0.1, 0.15) is 0 Å². The number of H-pyrrole nitrogens is 1. The van der Waals surface area contributed by atoms with Crippen molar-refractivity contribution < 1.29 is 0 Å². The highest BCUT2D eigenvalue weighted by atomic mass is 14.8. The second-order valence-electron chi connectivity index (χ2n) is 4.14. The van der Waals surface area contributed by atoms with Crippen LogP contribution in [0.15, 0.2) is 48.9 Å². The van der Waals surface area contributed by atoms with E-state index in [9.17, 15) is 0 Å². The maximum Gasteiger partial charge on any atom is 0.0923 e. The van der Waals surface area contributed by atoms with E-state index in [2.05, 4.69) is 33.2 Å². The van der Waals surface area contributed by atoms with E-state index < -0.39 is 0 Å². The minimum absolute atomic E-state index is 1.03. The highest BCUT2D eigenvalue weighted by molar-refractivity contribution is 6.11. The zero-order valence-corrected chi connectivity index (χ0v) is 9.01. The number of aromatic nitrogens is 3. The van der Waals surface area contributed by atoms with Crippen molar-refractivity contribution in [1.29, 1.82) is 0 Å². The summed E-state index contributed by atoms with van der Waals surface area (Å²) in [5.74, 6) is 0. The molecular formula is C14H9N3. The number of nitrogens with zero attached hydrogens (tertiary/aromatic N) is 2. The maximum atomic E-state index is 4.62. The van der Waals surface area contributed by atoms with E-state index in [0.717, 1.165) is 21.9 Å². The Kier molecular flexibility index (Phi) is 1.56. The molecule has 2 aromatic carbocycles. The van der Waals surface area contributed by atoms with Crippen molar-refractivity contribution in [3.63, 3.8) is 0 Å². The predicted octanol–water partition coefficient (Wildman–Crippen LogP) is 3.26. The molecule has 0 unspecified atom stereocenters. The molecule has 0 aliphatic carbocycles. The van der Waals surface area contributed by atoms with Crippen molar-refractivity contribution >= 4 is 32.7 Å². The normalized spacial score (nSPS) is 11.5. The lowest BCUT2D eigenvalue weighted by atomic mass is 10.1. The third-order valence-electron chi connectivity index (χ3n) is 3.11. The van der Waals surface area contributed by atoms with Crippen molar-refractivity contribution in [1.82, 2.24) is 15.0 Å². The fourth-order valence-corrected chi connectivity index (χ4v) is 2.30. The highest BCUT2D eigenvalue weighted by Crippen LogP contribution is 2.27. The molecule has 0 amide bonds. The third kappa shape index (κ3) is 1.16. The molecule has 2 heterocycles. The molecule has 0 radical (unpaired) electrons. The second kappa shape index (κ2) is 3.04. The van der Waals surface area contributed by atoms with Crippen LogP contribution in [-0.4, -0.2) is 15.0 Å². The van der Waals surface area contributed by atoms with Gasteiger partial charge in [0.25, 0.3) is 0 Å². The molecule has 0 aliphatic rings.